The molecule has 0 amide bonds. The van der Waals surface area contributed by atoms with E-state index in [1.807, 2.05) is 13.8 Å². The monoisotopic (exact) mass is 295 g/mol. The molecule has 0 aromatic carbocycles. The van der Waals surface area contributed by atoms with Crippen LogP contribution in [0.5, 0.6) is 0 Å². The van der Waals surface area contributed by atoms with Crippen molar-refractivity contribution in [2.45, 2.75) is 72.8 Å². The first-order chi connectivity index (χ1) is 9.63. The van der Waals surface area contributed by atoms with Crippen molar-refractivity contribution in [3.8, 4) is 0 Å². The maximum atomic E-state index is 8.82. The summed E-state index contributed by atoms with van der Waals surface area (Å²) in [6, 6.07) is 0.621. The summed E-state index contributed by atoms with van der Waals surface area (Å²) in [5.74, 6) is 1.21. The maximum absolute atomic E-state index is 8.82. The third kappa shape index (κ3) is 2.92. The molecule has 4 N–H and O–H groups in total. The van der Waals surface area contributed by atoms with Crippen molar-refractivity contribution in [3.63, 3.8) is 0 Å². The zero-order valence-electron chi connectivity index (χ0n) is 14.4. The number of hydrogen-bond donors (Lipinski definition) is 3. The van der Waals surface area contributed by atoms with Crippen LogP contribution in [0.1, 0.15) is 66.7 Å². The SMILES string of the molecule is CC(C)(CCCNC1C2(C)CCC(C2)C1(C)C)C(N)=NO. The van der Waals surface area contributed by atoms with Crippen LogP contribution in [0.15, 0.2) is 5.16 Å². The number of rotatable bonds is 6. The minimum absolute atomic E-state index is 0.232. The van der Waals surface area contributed by atoms with Crippen LogP contribution in [0.4, 0.5) is 0 Å². The molecule has 0 aromatic rings. The van der Waals surface area contributed by atoms with E-state index in [0.29, 0.717) is 22.7 Å². The zero-order chi connectivity index (χ0) is 15.9. The van der Waals surface area contributed by atoms with Crippen LogP contribution in [0.3, 0.4) is 0 Å². The van der Waals surface area contributed by atoms with E-state index in [9.17, 15) is 0 Å². The summed E-state index contributed by atoms with van der Waals surface area (Å²) in [7, 11) is 0. The highest BCUT2D eigenvalue weighted by molar-refractivity contribution is 5.85. The van der Waals surface area contributed by atoms with Gasteiger partial charge in [-0.15, -0.1) is 0 Å². The highest BCUT2D eigenvalue weighted by Gasteiger charge is 2.58. The van der Waals surface area contributed by atoms with Crippen molar-refractivity contribution in [2.75, 3.05) is 6.54 Å². The lowest BCUT2D eigenvalue weighted by atomic mass is 9.68. The molecular weight excluding hydrogens is 262 g/mol. The fraction of sp³-hybridized carbons (Fsp3) is 0.941. The molecule has 3 atom stereocenters. The lowest BCUT2D eigenvalue weighted by Crippen LogP contribution is -2.50. The number of fused-ring (bicyclic) bond motifs is 2. The minimum atomic E-state index is -0.232. The molecule has 2 bridgehead atoms. The summed E-state index contributed by atoms with van der Waals surface area (Å²) in [5.41, 5.74) is 6.41. The first-order valence-corrected chi connectivity index (χ1v) is 8.35. The van der Waals surface area contributed by atoms with Gasteiger partial charge in [-0.3, -0.25) is 0 Å². The van der Waals surface area contributed by atoms with Gasteiger partial charge >= 0.3 is 0 Å². The normalized spacial score (nSPS) is 35.4. The zero-order valence-corrected chi connectivity index (χ0v) is 14.4. The van der Waals surface area contributed by atoms with Crippen molar-refractivity contribution in [3.05, 3.63) is 0 Å². The molecule has 2 fully saturated rings. The molecule has 2 aliphatic carbocycles. The molecule has 0 heterocycles. The molecule has 3 unspecified atom stereocenters. The molecule has 4 nitrogen and oxygen atoms in total. The van der Waals surface area contributed by atoms with Gasteiger partial charge in [0.2, 0.25) is 0 Å². The lowest BCUT2D eigenvalue weighted by Gasteiger charge is -2.43. The number of nitrogens with zero attached hydrogens (tertiary/aromatic N) is 1. The molecule has 2 rings (SSSR count). The summed E-state index contributed by atoms with van der Waals surface area (Å²) in [6.45, 7) is 12.4. The highest BCUT2D eigenvalue weighted by atomic mass is 16.4. The molecule has 0 aromatic heterocycles. The average Bonchev–Trinajstić information content (AvgIpc) is 2.87. The van der Waals surface area contributed by atoms with Crippen molar-refractivity contribution in [1.29, 1.82) is 0 Å². The standard InChI is InChI=1S/C17H33N3O/c1-15(2,14(18)20-21)8-6-10-19-13-16(3,4)12-7-9-17(13,5)11-12/h12-13,19,21H,6-11H2,1-5H3,(H2,18,20). The van der Waals surface area contributed by atoms with E-state index in [4.69, 9.17) is 10.9 Å². The Hall–Kier alpha value is -0.770. The van der Waals surface area contributed by atoms with E-state index < -0.39 is 0 Å². The van der Waals surface area contributed by atoms with Gasteiger partial charge in [0.05, 0.1) is 0 Å². The van der Waals surface area contributed by atoms with Crippen molar-refractivity contribution >= 4 is 5.84 Å². The van der Waals surface area contributed by atoms with Gasteiger partial charge in [0.15, 0.2) is 0 Å². The Bertz CT molecular complexity index is 412. The van der Waals surface area contributed by atoms with Crippen LogP contribution < -0.4 is 11.1 Å². The summed E-state index contributed by atoms with van der Waals surface area (Å²) >= 11 is 0. The molecule has 2 aliphatic rings. The predicted molar refractivity (Wildman–Crippen MR) is 87.4 cm³/mol. The molecular formula is C17H33N3O. The van der Waals surface area contributed by atoms with Gasteiger partial charge in [-0.2, -0.15) is 0 Å². The summed E-state index contributed by atoms with van der Waals surface area (Å²) in [5, 5.41) is 15.8. The van der Waals surface area contributed by atoms with Crippen LogP contribution in [0.2, 0.25) is 0 Å². The maximum Gasteiger partial charge on any atom is 0.144 e. The minimum Gasteiger partial charge on any atom is -0.409 e. The summed E-state index contributed by atoms with van der Waals surface area (Å²) in [6.07, 6.45) is 6.14. The molecule has 21 heavy (non-hydrogen) atoms. The Morgan fingerprint density at radius 2 is 2.05 bits per heavy atom. The summed E-state index contributed by atoms with van der Waals surface area (Å²) in [4.78, 5) is 0. The van der Waals surface area contributed by atoms with Gasteiger partial charge in [0, 0.05) is 11.5 Å². The van der Waals surface area contributed by atoms with Crippen molar-refractivity contribution in [2.24, 2.45) is 33.1 Å². The second-order valence-corrected chi connectivity index (χ2v) is 8.77. The molecule has 0 radical (unpaired) electrons. The molecule has 0 saturated heterocycles. The first kappa shape index (κ1) is 16.6. The molecule has 2 saturated carbocycles. The third-order valence-corrected chi connectivity index (χ3v) is 6.40. The van der Waals surface area contributed by atoms with E-state index in [-0.39, 0.29) is 5.41 Å². The Morgan fingerprint density at radius 3 is 2.57 bits per heavy atom. The Balaban J connectivity index is 1.84. The topological polar surface area (TPSA) is 70.6 Å². The van der Waals surface area contributed by atoms with Crippen molar-refractivity contribution in [1.82, 2.24) is 5.32 Å². The van der Waals surface area contributed by atoms with Crippen LogP contribution >= 0.6 is 0 Å². The number of hydrogen-bond acceptors (Lipinski definition) is 3. The van der Waals surface area contributed by atoms with E-state index in [2.05, 4.69) is 31.2 Å². The fourth-order valence-corrected chi connectivity index (χ4v) is 4.85. The van der Waals surface area contributed by atoms with E-state index >= 15 is 0 Å². The second-order valence-electron chi connectivity index (χ2n) is 8.77. The van der Waals surface area contributed by atoms with E-state index in [1.165, 1.54) is 19.3 Å². The Morgan fingerprint density at radius 1 is 1.38 bits per heavy atom. The number of amidine groups is 1. The van der Waals surface area contributed by atoms with E-state index in [0.717, 1.165) is 25.3 Å². The van der Waals surface area contributed by atoms with Crippen LogP contribution in [-0.2, 0) is 0 Å². The number of oxime groups is 1. The molecule has 122 valence electrons. The quantitative estimate of drug-likeness (QED) is 0.231. The second kappa shape index (κ2) is 5.45. The first-order valence-electron chi connectivity index (χ1n) is 8.35. The lowest BCUT2D eigenvalue weighted by molar-refractivity contribution is 0.108. The highest BCUT2D eigenvalue weighted by Crippen LogP contribution is 2.62. The summed E-state index contributed by atoms with van der Waals surface area (Å²) < 4.78 is 0. The smallest absolute Gasteiger partial charge is 0.144 e. The Labute approximate surface area is 129 Å². The largest absolute Gasteiger partial charge is 0.409 e. The van der Waals surface area contributed by atoms with E-state index in [1.54, 1.807) is 0 Å². The van der Waals surface area contributed by atoms with Gasteiger partial charge in [0.1, 0.15) is 5.84 Å². The van der Waals surface area contributed by atoms with Crippen LogP contribution in [0, 0.1) is 22.2 Å². The van der Waals surface area contributed by atoms with Gasteiger partial charge in [-0.25, -0.2) is 0 Å². The van der Waals surface area contributed by atoms with Gasteiger partial charge in [-0.1, -0.05) is 39.8 Å². The number of nitrogens with two attached hydrogens (primary N) is 1. The molecule has 0 aliphatic heterocycles. The molecule has 4 heteroatoms. The van der Waals surface area contributed by atoms with Crippen LogP contribution in [0.25, 0.3) is 0 Å². The average molecular weight is 295 g/mol. The predicted octanol–water partition coefficient (Wildman–Crippen LogP) is 3.34. The number of nitrogens with one attached hydrogen (secondary N) is 1. The van der Waals surface area contributed by atoms with Gasteiger partial charge in [0.25, 0.3) is 0 Å². The fourth-order valence-electron chi connectivity index (χ4n) is 4.85. The molecule has 0 spiro atoms. The third-order valence-electron chi connectivity index (χ3n) is 6.40. The van der Waals surface area contributed by atoms with Gasteiger partial charge in [-0.05, 0) is 55.4 Å². The van der Waals surface area contributed by atoms with Gasteiger partial charge < -0.3 is 16.3 Å². The Kier molecular flexibility index (Phi) is 4.31. The van der Waals surface area contributed by atoms with Crippen molar-refractivity contribution < 1.29 is 5.21 Å². The van der Waals surface area contributed by atoms with Crippen LogP contribution in [-0.4, -0.2) is 23.6 Å².